The number of nitrogens with zero attached hydrogens (tertiary/aromatic N) is 1. The van der Waals surface area contributed by atoms with Gasteiger partial charge in [-0.3, -0.25) is 0 Å². The third-order valence-corrected chi connectivity index (χ3v) is 2.85. The van der Waals surface area contributed by atoms with Crippen LogP contribution in [0.4, 0.5) is 4.39 Å². The molecule has 0 aromatic heterocycles. The lowest BCUT2D eigenvalue weighted by Crippen LogP contribution is -2.12. The van der Waals surface area contributed by atoms with Crippen LogP contribution in [0.3, 0.4) is 0 Å². The Morgan fingerprint density at radius 2 is 2.14 bits per heavy atom. The van der Waals surface area contributed by atoms with Crippen molar-refractivity contribution in [2.75, 3.05) is 0 Å². The van der Waals surface area contributed by atoms with Crippen LogP contribution in [0.2, 0.25) is 0 Å². The average molecular weight is 256 g/mol. The number of benzene rings is 1. The summed E-state index contributed by atoms with van der Waals surface area (Å²) < 4.78 is 13.6. The van der Waals surface area contributed by atoms with Gasteiger partial charge in [-0.2, -0.15) is 5.26 Å². The minimum atomic E-state index is -0.462. The van der Waals surface area contributed by atoms with E-state index in [2.05, 4.69) is 22.0 Å². The van der Waals surface area contributed by atoms with E-state index in [4.69, 9.17) is 5.26 Å². The lowest BCUT2D eigenvalue weighted by molar-refractivity contribution is 0.489. The van der Waals surface area contributed by atoms with Crippen molar-refractivity contribution in [3.63, 3.8) is 0 Å². The molecule has 0 atom stereocenters. The Kier molecular flexibility index (Phi) is 3.28. The fourth-order valence-corrected chi connectivity index (χ4v) is 1.61. The minimum absolute atomic E-state index is 0.281. The Hall–Kier alpha value is -0.880. The van der Waals surface area contributed by atoms with Crippen LogP contribution in [0, 0.1) is 22.6 Å². The van der Waals surface area contributed by atoms with Gasteiger partial charge in [0.2, 0.25) is 0 Å². The zero-order chi connectivity index (χ0) is 10.8. The number of halogens is 2. The van der Waals surface area contributed by atoms with Gasteiger partial charge in [0.1, 0.15) is 5.82 Å². The Bertz CT molecular complexity index is 379. The molecule has 0 aliphatic rings. The molecule has 0 saturated heterocycles. The first-order valence-electron chi connectivity index (χ1n) is 4.30. The molecule has 3 heteroatoms. The first-order valence-corrected chi connectivity index (χ1v) is 5.10. The van der Waals surface area contributed by atoms with Crippen LogP contribution in [0.15, 0.2) is 22.7 Å². The average Bonchev–Trinajstić information content (AvgIpc) is 2.13. The van der Waals surface area contributed by atoms with E-state index < -0.39 is 5.41 Å². The van der Waals surface area contributed by atoms with Crippen molar-refractivity contribution in [3.8, 4) is 6.07 Å². The van der Waals surface area contributed by atoms with Gasteiger partial charge >= 0.3 is 0 Å². The second-order valence-corrected chi connectivity index (χ2v) is 4.68. The third kappa shape index (κ3) is 2.55. The van der Waals surface area contributed by atoms with E-state index in [1.54, 1.807) is 6.07 Å². The molecule has 1 aromatic carbocycles. The molecule has 1 rings (SSSR count). The van der Waals surface area contributed by atoms with E-state index in [0.29, 0.717) is 10.9 Å². The summed E-state index contributed by atoms with van der Waals surface area (Å²) in [5.74, 6) is -0.281. The molecular weight excluding hydrogens is 245 g/mol. The highest BCUT2D eigenvalue weighted by Crippen LogP contribution is 2.27. The van der Waals surface area contributed by atoms with Crippen molar-refractivity contribution >= 4 is 15.9 Å². The molecule has 0 N–H and O–H groups in total. The van der Waals surface area contributed by atoms with Crippen molar-refractivity contribution in [3.05, 3.63) is 34.1 Å². The van der Waals surface area contributed by atoms with Gasteiger partial charge in [-0.15, -0.1) is 0 Å². The predicted molar refractivity (Wildman–Crippen MR) is 57.2 cm³/mol. The van der Waals surface area contributed by atoms with Gasteiger partial charge in [-0.1, -0.05) is 12.1 Å². The number of hydrogen-bond acceptors (Lipinski definition) is 1. The summed E-state index contributed by atoms with van der Waals surface area (Å²) >= 11 is 3.18. The van der Waals surface area contributed by atoms with Gasteiger partial charge in [0.25, 0.3) is 0 Å². The monoisotopic (exact) mass is 255 g/mol. The summed E-state index contributed by atoms with van der Waals surface area (Å²) in [6.45, 7) is 3.68. The normalized spacial score (nSPS) is 11.1. The van der Waals surface area contributed by atoms with Crippen molar-refractivity contribution < 1.29 is 4.39 Å². The summed E-state index contributed by atoms with van der Waals surface area (Å²) in [6, 6.07) is 7.07. The molecule has 0 radical (unpaired) electrons. The second kappa shape index (κ2) is 4.10. The number of hydrogen-bond donors (Lipinski definition) is 0. The summed E-state index contributed by atoms with van der Waals surface area (Å²) in [5.41, 5.74) is 0.368. The van der Waals surface area contributed by atoms with Crippen LogP contribution in [0.25, 0.3) is 0 Å². The Morgan fingerprint density at radius 3 is 2.71 bits per heavy atom. The fourth-order valence-electron chi connectivity index (χ4n) is 1.20. The van der Waals surface area contributed by atoms with Crippen molar-refractivity contribution in [2.45, 2.75) is 20.3 Å². The SMILES string of the molecule is CC(C)(C#N)Cc1cccc(F)c1Br. The lowest BCUT2D eigenvalue weighted by Gasteiger charge is -2.16. The van der Waals surface area contributed by atoms with Gasteiger partial charge in [0.15, 0.2) is 0 Å². The number of nitriles is 1. The third-order valence-electron chi connectivity index (χ3n) is 1.97. The quantitative estimate of drug-likeness (QED) is 0.791. The van der Waals surface area contributed by atoms with E-state index in [1.165, 1.54) is 6.07 Å². The Labute approximate surface area is 91.7 Å². The van der Waals surface area contributed by atoms with E-state index in [0.717, 1.165) is 5.56 Å². The molecule has 0 spiro atoms. The standard InChI is InChI=1S/C11H11BrFN/c1-11(2,7-14)6-8-4-3-5-9(13)10(8)12/h3-5H,6H2,1-2H3. The maximum atomic E-state index is 13.1. The predicted octanol–water partition coefficient (Wildman–Crippen LogP) is 3.68. The topological polar surface area (TPSA) is 23.8 Å². The highest BCUT2D eigenvalue weighted by molar-refractivity contribution is 9.10. The van der Waals surface area contributed by atoms with E-state index in [-0.39, 0.29) is 5.82 Å². The van der Waals surface area contributed by atoms with Crippen LogP contribution in [0.5, 0.6) is 0 Å². The molecule has 1 nitrogen and oxygen atoms in total. The molecule has 0 saturated carbocycles. The molecule has 0 heterocycles. The summed E-state index contributed by atoms with van der Waals surface area (Å²) in [7, 11) is 0. The molecule has 0 aliphatic heterocycles. The second-order valence-electron chi connectivity index (χ2n) is 3.89. The lowest BCUT2D eigenvalue weighted by atomic mass is 9.87. The Morgan fingerprint density at radius 1 is 1.50 bits per heavy atom. The van der Waals surface area contributed by atoms with Crippen molar-refractivity contribution in [1.82, 2.24) is 0 Å². The van der Waals surface area contributed by atoms with E-state index >= 15 is 0 Å². The fraction of sp³-hybridized carbons (Fsp3) is 0.364. The largest absolute Gasteiger partial charge is 0.206 e. The van der Waals surface area contributed by atoms with Crippen LogP contribution >= 0.6 is 15.9 Å². The van der Waals surface area contributed by atoms with Crippen LogP contribution in [-0.2, 0) is 6.42 Å². The first-order chi connectivity index (χ1) is 6.46. The van der Waals surface area contributed by atoms with Gasteiger partial charge in [-0.05, 0) is 47.8 Å². The van der Waals surface area contributed by atoms with Crippen LogP contribution in [-0.4, -0.2) is 0 Å². The molecule has 0 aliphatic carbocycles. The first kappa shape index (κ1) is 11.2. The maximum Gasteiger partial charge on any atom is 0.137 e. The minimum Gasteiger partial charge on any atom is -0.206 e. The smallest absolute Gasteiger partial charge is 0.137 e. The van der Waals surface area contributed by atoms with Gasteiger partial charge in [0, 0.05) is 0 Å². The van der Waals surface area contributed by atoms with Crippen molar-refractivity contribution in [2.24, 2.45) is 5.41 Å². The molecule has 0 unspecified atom stereocenters. The molecule has 0 bridgehead atoms. The highest BCUT2D eigenvalue weighted by Gasteiger charge is 2.19. The summed E-state index contributed by atoms with van der Waals surface area (Å²) in [4.78, 5) is 0. The Balaban J connectivity index is 3.00. The van der Waals surface area contributed by atoms with Crippen LogP contribution < -0.4 is 0 Å². The van der Waals surface area contributed by atoms with Gasteiger partial charge < -0.3 is 0 Å². The van der Waals surface area contributed by atoms with Gasteiger partial charge in [0.05, 0.1) is 16.0 Å². The molecule has 74 valence electrons. The van der Waals surface area contributed by atoms with E-state index in [9.17, 15) is 4.39 Å². The highest BCUT2D eigenvalue weighted by atomic mass is 79.9. The van der Waals surface area contributed by atoms with Gasteiger partial charge in [-0.25, -0.2) is 4.39 Å². The van der Waals surface area contributed by atoms with E-state index in [1.807, 2.05) is 19.9 Å². The van der Waals surface area contributed by atoms with Crippen molar-refractivity contribution in [1.29, 1.82) is 5.26 Å². The maximum absolute atomic E-state index is 13.1. The molecule has 1 aromatic rings. The van der Waals surface area contributed by atoms with Crippen LogP contribution in [0.1, 0.15) is 19.4 Å². The summed E-state index contributed by atoms with van der Waals surface area (Å²) in [6.07, 6.45) is 0.543. The number of rotatable bonds is 2. The molecule has 14 heavy (non-hydrogen) atoms. The zero-order valence-electron chi connectivity index (χ0n) is 8.14. The molecular formula is C11H11BrFN. The molecule has 0 fully saturated rings. The molecule has 0 amide bonds. The zero-order valence-corrected chi connectivity index (χ0v) is 9.73. The summed E-state index contributed by atoms with van der Waals surface area (Å²) in [5, 5.41) is 8.86.